The number of rotatable bonds is 11. The highest BCUT2D eigenvalue weighted by molar-refractivity contribution is 5.76. The molecule has 0 amide bonds. The van der Waals surface area contributed by atoms with Crippen LogP contribution in [-0.2, 0) is 14.6 Å². The van der Waals surface area contributed by atoms with Crippen molar-refractivity contribution in [2.45, 2.75) is 53.9 Å². The summed E-state index contributed by atoms with van der Waals surface area (Å²) in [5.74, 6) is 1.32. The molecule has 0 atom stereocenters. The molecule has 0 saturated carbocycles. The van der Waals surface area contributed by atoms with Gasteiger partial charge in [-0.05, 0) is 88.4 Å². The summed E-state index contributed by atoms with van der Waals surface area (Å²) in [6, 6.07) is 15.1. The van der Waals surface area contributed by atoms with Crippen LogP contribution in [0.3, 0.4) is 0 Å². The molecule has 0 aliphatic carbocycles. The lowest BCUT2D eigenvalue weighted by Crippen LogP contribution is -2.20. The first-order valence-corrected chi connectivity index (χ1v) is 12.6. The van der Waals surface area contributed by atoms with Crippen molar-refractivity contribution in [3.63, 3.8) is 0 Å². The average Bonchev–Trinajstić information content (AvgIpc) is 3.46. The van der Waals surface area contributed by atoms with E-state index in [1.54, 1.807) is 0 Å². The molecule has 0 saturated heterocycles. The molecule has 37 heavy (non-hydrogen) atoms. The molecular weight excluding hydrogens is 468 g/mol. The zero-order chi connectivity index (χ0) is 26.4. The van der Waals surface area contributed by atoms with E-state index in [1.165, 1.54) is 12.5 Å². The molecule has 2 heterocycles. The summed E-state index contributed by atoms with van der Waals surface area (Å²) in [4.78, 5) is 27.1. The molecule has 0 aliphatic heterocycles. The summed E-state index contributed by atoms with van der Waals surface area (Å²) >= 11 is 0. The number of hydrogen-bond donors (Lipinski definition) is 0. The Balaban J connectivity index is 1.60. The van der Waals surface area contributed by atoms with Crippen LogP contribution in [0, 0.1) is 27.7 Å². The van der Waals surface area contributed by atoms with Gasteiger partial charge in [0.1, 0.15) is 11.6 Å². The fraction of sp³-hybridized carbons (Fsp3) is 0.345. The molecule has 4 aromatic rings. The van der Waals surface area contributed by atoms with Gasteiger partial charge in [-0.2, -0.15) is 4.89 Å². The first kappa shape index (κ1) is 26.2. The number of nitrogens with zero attached hydrogens (tertiary/aromatic N) is 4. The maximum absolute atomic E-state index is 10.9. The normalized spacial score (nSPS) is 11.1. The molecule has 0 aliphatic rings. The van der Waals surface area contributed by atoms with E-state index in [0.29, 0.717) is 6.61 Å². The van der Waals surface area contributed by atoms with Gasteiger partial charge in [0, 0.05) is 48.5 Å². The van der Waals surface area contributed by atoms with E-state index in [9.17, 15) is 4.79 Å². The highest BCUT2D eigenvalue weighted by Crippen LogP contribution is 2.35. The number of imidazole rings is 1. The van der Waals surface area contributed by atoms with E-state index < -0.39 is 5.97 Å². The Labute approximate surface area is 217 Å². The Morgan fingerprint density at radius 1 is 1.03 bits per heavy atom. The molecular formula is C29H34N4O4. The third-order valence-corrected chi connectivity index (χ3v) is 6.37. The smallest absolute Gasteiger partial charge is 0.339 e. The molecule has 0 fully saturated rings. The van der Waals surface area contributed by atoms with E-state index in [4.69, 9.17) is 9.41 Å². The maximum Gasteiger partial charge on any atom is 0.339 e. The van der Waals surface area contributed by atoms with Crippen molar-refractivity contribution in [2.75, 3.05) is 18.1 Å². The lowest BCUT2D eigenvalue weighted by Gasteiger charge is -2.28. The molecule has 0 radical (unpaired) electrons. The largest absolute Gasteiger partial charge is 0.361 e. The predicted octanol–water partition coefficient (Wildman–Crippen LogP) is 6.56. The van der Waals surface area contributed by atoms with Crippen molar-refractivity contribution in [1.29, 1.82) is 0 Å². The van der Waals surface area contributed by atoms with Gasteiger partial charge in [0.25, 0.3) is 0 Å². The van der Waals surface area contributed by atoms with Crippen molar-refractivity contribution in [3.8, 4) is 16.8 Å². The molecule has 194 valence electrons. The fourth-order valence-corrected chi connectivity index (χ4v) is 4.52. The predicted molar refractivity (Wildman–Crippen MR) is 143 cm³/mol. The second-order valence-electron chi connectivity index (χ2n) is 9.17. The summed E-state index contributed by atoms with van der Waals surface area (Å²) in [5.41, 5.74) is 7.51. The lowest BCUT2D eigenvalue weighted by molar-refractivity contribution is -0.270. The molecule has 2 aromatic carbocycles. The average molecular weight is 503 g/mol. The van der Waals surface area contributed by atoms with Crippen molar-refractivity contribution < 1.29 is 19.1 Å². The number of hydrogen-bond acceptors (Lipinski definition) is 7. The van der Waals surface area contributed by atoms with Crippen molar-refractivity contribution in [1.82, 2.24) is 14.7 Å². The second kappa shape index (κ2) is 11.9. The van der Waals surface area contributed by atoms with Crippen LogP contribution in [0.15, 0.2) is 59.4 Å². The summed E-state index contributed by atoms with van der Waals surface area (Å²) < 4.78 is 7.51. The van der Waals surface area contributed by atoms with Crippen molar-refractivity contribution >= 4 is 17.3 Å². The molecule has 0 spiro atoms. The molecule has 0 bridgehead atoms. The first-order valence-electron chi connectivity index (χ1n) is 12.6. The van der Waals surface area contributed by atoms with Crippen LogP contribution in [-0.4, -0.2) is 33.8 Å². The summed E-state index contributed by atoms with van der Waals surface area (Å²) in [6.45, 7) is 10.6. The zero-order valence-corrected chi connectivity index (χ0v) is 22.2. The van der Waals surface area contributed by atoms with Gasteiger partial charge in [-0.15, -0.1) is 0 Å². The second-order valence-corrected chi connectivity index (χ2v) is 9.17. The van der Waals surface area contributed by atoms with Crippen LogP contribution in [0.25, 0.3) is 16.8 Å². The SMILES string of the molecule is CC(=O)OOCCCCCN(c1ccc(-n2ccnc2C)cc1)c1cc(-c2c(C)noc2C)ccc1C. The number of aryl methyl sites for hydroxylation is 4. The summed E-state index contributed by atoms with van der Waals surface area (Å²) in [6.07, 6.45) is 6.47. The number of benzene rings is 2. The number of aromatic nitrogens is 3. The number of carbonyl (C=O) groups excluding carboxylic acids is 1. The van der Waals surface area contributed by atoms with Crippen LogP contribution in [0.1, 0.15) is 49.0 Å². The van der Waals surface area contributed by atoms with Gasteiger partial charge < -0.3 is 14.0 Å². The molecule has 8 nitrogen and oxygen atoms in total. The van der Waals surface area contributed by atoms with Gasteiger partial charge in [0.15, 0.2) is 0 Å². The van der Waals surface area contributed by atoms with Crippen molar-refractivity contribution in [3.05, 3.63) is 77.7 Å². The summed E-state index contributed by atoms with van der Waals surface area (Å²) in [5, 5.41) is 4.15. The third-order valence-electron chi connectivity index (χ3n) is 6.37. The highest BCUT2D eigenvalue weighted by Gasteiger charge is 2.17. The van der Waals surface area contributed by atoms with Gasteiger partial charge in [0.05, 0.1) is 12.3 Å². The fourth-order valence-electron chi connectivity index (χ4n) is 4.52. The monoisotopic (exact) mass is 502 g/mol. The van der Waals surface area contributed by atoms with E-state index >= 15 is 0 Å². The van der Waals surface area contributed by atoms with Gasteiger partial charge in [-0.3, -0.25) is 4.89 Å². The van der Waals surface area contributed by atoms with Gasteiger partial charge in [-0.25, -0.2) is 9.78 Å². The quantitative estimate of drug-likeness (QED) is 0.130. The Kier molecular flexibility index (Phi) is 8.40. The highest BCUT2D eigenvalue weighted by atomic mass is 17.2. The van der Waals surface area contributed by atoms with E-state index in [0.717, 1.165) is 71.3 Å². The molecule has 0 N–H and O–H groups in total. The minimum Gasteiger partial charge on any atom is -0.361 e. The van der Waals surface area contributed by atoms with Crippen LogP contribution < -0.4 is 4.90 Å². The Morgan fingerprint density at radius 2 is 1.81 bits per heavy atom. The van der Waals surface area contributed by atoms with Gasteiger partial charge >= 0.3 is 5.97 Å². The molecule has 8 heteroatoms. The van der Waals surface area contributed by atoms with Gasteiger partial charge in [0.2, 0.25) is 0 Å². The number of carbonyl (C=O) groups is 1. The van der Waals surface area contributed by atoms with Crippen molar-refractivity contribution in [2.24, 2.45) is 0 Å². The van der Waals surface area contributed by atoms with E-state index in [2.05, 4.69) is 73.9 Å². The van der Waals surface area contributed by atoms with Crippen LogP contribution in [0.2, 0.25) is 0 Å². The summed E-state index contributed by atoms with van der Waals surface area (Å²) in [7, 11) is 0. The lowest BCUT2D eigenvalue weighted by atomic mass is 10.0. The third kappa shape index (κ3) is 6.27. The van der Waals surface area contributed by atoms with E-state index in [-0.39, 0.29) is 0 Å². The topological polar surface area (TPSA) is 82.6 Å². The maximum atomic E-state index is 10.9. The van der Waals surface area contributed by atoms with E-state index in [1.807, 2.05) is 33.2 Å². The molecule has 4 rings (SSSR count). The van der Waals surface area contributed by atoms with Crippen LogP contribution in [0.4, 0.5) is 11.4 Å². The standard InChI is InChI=1S/C29H34N4O4/c1-20-9-10-25(29-21(2)31-36-22(29)3)19-28(20)33(16-7-6-8-18-35-37-24(5)34)27-13-11-26(12-14-27)32-17-15-30-23(32)4/h9-15,17,19H,6-8,16,18H2,1-5H3. The van der Waals surface area contributed by atoms with Crippen LogP contribution >= 0.6 is 0 Å². The Hall–Kier alpha value is -3.91. The minimum absolute atomic E-state index is 0.388. The minimum atomic E-state index is -0.436. The number of unbranched alkanes of at least 4 members (excludes halogenated alkanes) is 2. The number of anilines is 2. The zero-order valence-electron chi connectivity index (χ0n) is 22.2. The Morgan fingerprint density at radius 3 is 2.46 bits per heavy atom. The molecule has 2 aromatic heterocycles. The van der Waals surface area contributed by atoms with Crippen LogP contribution in [0.5, 0.6) is 0 Å². The Bertz CT molecular complexity index is 1320. The van der Waals surface area contributed by atoms with Gasteiger partial charge in [-0.1, -0.05) is 17.3 Å². The molecule has 0 unspecified atom stereocenters. The first-order chi connectivity index (χ1) is 17.8.